The van der Waals surface area contributed by atoms with Crippen molar-refractivity contribution in [3.63, 3.8) is 0 Å². The second-order valence-electron chi connectivity index (χ2n) is 6.60. The molecule has 0 aliphatic heterocycles. The number of aromatic nitrogens is 1. The number of benzene rings is 2. The second-order valence-corrected chi connectivity index (χ2v) is 6.60. The molecule has 4 heteroatoms. The number of rotatable bonds is 6. The highest BCUT2D eigenvalue weighted by Gasteiger charge is 2.09. The van der Waals surface area contributed by atoms with Gasteiger partial charge in [-0.1, -0.05) is 12.1 Å². The van der Waals surface area contributed by atoms with Crippen molar-refractivity contribution in [2.45, 2.75) is 33.6 Å². The molecule has 0 spiro atoms. The van der Waals surface area contributed by atoms with Crippen molar-refractivity contribution in [1.29, 1.82) is 0 Å². The van der Waals surface area contributed by atoms with Crippen LogP contribution in [-0.4, -0.2) is 16.6 Å². The molecular formula is C22H21NO3. The first-order valence-corrected chi connectivity index (χ1v) is 8.56. The van der Waals surface area contributed by atoms with Gasteiger partial charge in [0.05, 0.1) is 11.9 Å². The topological polar surface area (TPSA) is 56.3 Å². The molecule has 26 heavy (non-hydrogen) atoms. The minimum absolute atomic E-state index is 0.0139. The van der Waals surface area contributed by atoms with Crippen LogP contribution >= 0.6 is 0 Å². The molecule has 0 saturated heterocycles. The Morgan fingerprint density at radius 2 is 1.69 bits per heavy atom. The number of ketones is 2. The van der Waals surface area contributed by atoms with Gasteiger partial charge in [0, 0.05) is 18.0 Å². The summed E-state index contributed by atoms with van der Waals surface area (Å²) >= 11 is 0. The average molecular weight is 347 g/mol. The van der Waals surface area contributed by atoms with Crippen molar-refractivity contribution >= 4 is 22.5 Å². The van der Waals surface area contributed by atoms with Crippen molar-refractivity contribution in [1.82, 2.24) is 4.98 Å². The summed E-state index contributed by atoms with van der Waals surface area (Å²) in [6.07, 6.45) is 1.98. The number of aryl methyl sites for hydroxylation is 2. The number of carbonyl (C=O) groups excluding carboxylic acids is 2. The zero-order valence-corrected chi connectivity index (χ0v) is 15.2. The van der Waals surface area contributed by atoms with Gasteiger partial charge in [0.25, 0.3) is 0 Å². The molecule has 0 bridgehead atoms. The minimum Gasteiger partial charge on any atom is -0.457 e. The van der Waals surface area contributed by atoms with Crippen molar-refractivity contribution < 1.29 is 14.3 Å². The van der Waals surface area contributed by atoms with Crippen LogP contribution in [0.5, 0.6) is 11.5 Å². The first kappa shape index (κ1) is 17.8. The minimum atomic E-state index is -0.106. The van der Waals surface area contributed by atoms with E-state index in [0.29, 0.717) is 5.75 Å². The predicted octanol–water partition coefficient (Wildman–Crippen LogP) is 4.73. The lowest BCUT2D eigenvalue weighted by atomic mass is 10.1. The van der Waals surface area contributed by atoms with Crippen LogP contribution in [0.1, 0.15) is 30.0 Å². The fraction of sp³-hybridized carbons (Fsp3) is 0.227. The lowest BCUT2D eigenvalue weighted by Gasteiger charge is -2.11. The molecule has 0 fully saturated rings. The molecule has 1 aromatic heterocycles. The van der Waals surface area contributed by atoms with E-state index in [4.69, 9.17) is 4.74 Å². The van der Waals surface area contributed by atoms with Crippen LogP contribution in [0.2, 0.25) is 0 Å². The fourth-order valence-electron chi connectivity index (χ4n) is 2.84. The normalized spacial score (nSPS) is 10.7. The van der Waals surface area contributed by atoms with E-state index in [1.165, 1.54) is 18.1 Å². The van der Waals surface area contributed by atoms with Crippen LogP contribution in [0.15, 0.2) is 48.7 Å². The lowest BCUT2D eigenvalue weighted by molar-refractivity contribution is -0.125. The third-order valence-electron chi connectivity index (χ3n) is 4.32. The van der Waals surface area contributed by atoms with Gasteiger partial charge in [0.15, 0.2) is 0 Å². The largest absolute Gasteiger partial charge is 0.457 e. The van der Waals surface area contributed by atoms with Crippen molar-refractivity contribution in [2.24, 2.45) is 0 Å². The van der Waals surface area contributed by atoms with Gasteiger partial charge in [-0.15, -0.1) is 0 Å². The van der Waals surface area contributed by atoms with Crippen LogP contribution in [0, 0.1) is 13.8 Å². The quantitative estimate of drug-likeness (QED) is 0.605. The third kappa shape index (κ3) is 4.14. The molecule has 4 nitrogen and oxygen atoms in total. The number of hydrogen-bond donors (Lipinski definition) is 0. The number of pyridine rings is 1. The number of fused-ring (bicyclic) bond motifs is 1. The monoisotopic (exact) mass is 347 g/mol. The van der Waals surface area contributed by atoms with Crippen molar-refractivity contribution in [2.75, 3.05) is 0 Å². The average Bonchev–Trinajstić information content (AvgIpc) is 2.57. The van der Waals surface area contributed by atoms with E-state index in [0.717, 1.165) is 22.2 Å². The Bertz CT molecular complexity index is 975. The lowest BCUT2D eigenvalue weighted by Crippen LogP contribution is -2.07. The molecule has 0 atom stereocenters. The van der Waals surface area contributed by atoms with Crippen LogP contribution in [-0.2, 0) is 16.0 Å². The van der Waals surface area contributed by atoms with Crippen molar-refractivity contribution in [3.8, 4) is 11.5 Å². The van der Waals surface area contributed by atoms with Crippen LogP contribution < -0.4 is 4.74 Å². The van der Waals surface area contributed by atoms with Crippen LogP contribution in [0.3, 0.4) is 0 Å². The zero-order chi connectivity index (χ0) is 18.7. The molecule has 3 aromatic rings. The summed E-state index contributed by atoms with van der Waals surface area (Å²) in [5, 5.41) is 0.969. The molecule has 0 amide bonds. The molecule has 0 radical (unpaired) electrons. The van der Waals surface area contributed by atoms with E-state index in [2.05, 4.69) is 31.0 Å². The molecule has 0 unspecified atom stereocenters. The summed E-state index contributed by atoms with van der Waals surface area (Å²) in [5.74, 6) is 1.26. The van der Waals surface area contributed by atoms with E-state index in [-0.39, 0.29) is 24.4 Å². The summed E-state index contributed by atoms with van der Waals surface area (Å²) in [6.45, 7) is 5.56. The van der Waals surface area contributed by atoms with Crippen LogP contribution in [0.25, 0.3) is 10.9 Å². The maximum absolute atomic E-state index is 11.7. The number of ether oxygens (including phenoxy) is 1. The summed E-state index contributed by atoms with van der Waals surface area (Å²) in [6, 6.07) is 13.4. The number of Topliss-reactive ketones (excluding diaryl/α,β-unsaturated/α-hetero) is 2. The van der Waals surface area contributed by atoms with Crippen LogP contribution in [0.4, 0.5) is 0 Å². The highest BCUT2D eigenvalue weighted by atomic mass is 16.5. The Hall–Kier alpha value is -3.01. The summed E-state index contributed by atoms with van der Waals surface area (Å²) in [5.41, 5.74) is 4.16. The van der Waals surface area contributed by atoms with Gasteiger partial charge in [-0.2, -0.15) is 0 Å². The molecule has 0 N–H and O–H groups in total. The van der Waals surface area contributed by atoms with Gasteiger partial charge >= 0.3 is 0 Å². The van der Waals surface area contributed by atoms with Gasteiger partial charge in [-0.25, -0.2) is 0 Å². The molecule has 3 rings (SSSR count). The van der Waals surface area contributed by atoms with Gasteiger partial charge in [-0.05, 0) is 67.8 Å². The van der Waals surface area contributed by atoms with E-state index in [9.17, 15) is 9.59 Å². The predicted molar refractivity (Wildman–Crippen MR) is 102 cm³/mol. The van der Waals surface area contributed by atoms with Gasteiger partial charge in [-0.3, -0.25) is 14.6 Å². The van der Waals surface area contributed by atoms with E-state index in [1.807, 2.05) is 30.3 Å². The fourth-order valence-corrected chi connectivity index (χ4v) is 2.84. The molecule has 1 heterocycles. The first-order chi connectivity index (χ1) is 12.4. The Kier molecular flexibility index (Phi) is 5.12. The summed E-state index contributed by atoms with van der Waals surface area (Å²) < 4.78 is 6.03. The van der Waals surface area contributed by atoms with E-state index < -0.39 is 0 Å². The number of hydrogen-bond acceptors (Lipinski definition) is 4. The molecule has 2 aromatic carbocycles. The molecule has 132 valence electrons. The van der Waals surface area contributed by atoms with Gasteiger partial charge < -0.3 is 4.74 Å². The first-order valence-electron chi connectivity index (χ1n) is 8.56. The highest BCUT2D eigenvalue weighted by molar-refractivity contribution is 5.98. The standard InChI is InChI=1S/C22H21NO3/c1-14-10-20-21(11-15(14)2)23-9-8-22(20)26-19-6-4-17(5-7-19)13-18(25)12-16(3)24/h4-11H,12-13H2,1-3H3. The Labute approximate surface area is 152 Å². The molecular weight excluding hydrogens is 326 g/mol. The zero-order valence-electron chi connectivity index (χ0n) is 15.2. The third-order valence-corrected chi connectivity index (χ3v) is 4.32. The van der Waals surface area contributed by atoms with Gasteiger partial charge in [0.1, 0.15) is 23.1 Å². The SMILES string of the molecule is CC(=O)CC(=O)Cc1ccc(Oc2ccnc3cc(C)c(C)cc23)cc1. The van der Waals surface area contributed by atoms with Gasteiger partial charge in [0.2, 0.25) is 0 Å². The second kappa shape index (κ2) is 7.48. The summed E-state index contributed by atoms with van der Waals surface area (Å²) in [4.78, 5) is 27.2. The molecule has 0 aliphatic carbocycles. The Morgan fingerprint density at radius 3 is 2.38 bits per heavy atom. The number of nitrogens with zero attached hydrogens (tertiary/aromatic N) is 1. The maximum atomic E-state index is 11.7. The van der Waals surface area contributed by atoms with Crippen molar-refractivity contribution in [3.05, 3.63) is 65.4 Å². The number of carbonyl (C=O) groups is 2. The maximum Gasteiger partial charge on any atom is 0.144 e. The molecule has 0 saturated carbocycles. The van der Waals surface area contributed by atoms with E-state index >= 15 is 0 Å². The molecule has 0 aliphatic rings. The smallest absolute Gasteiger partial charge is 0.144 e. The highest BCUT2D eigenvalue weighted by Crippen LogP contribution is 2.30. The Balaban J connectivity index is 1.79. The Morgan fingerprint density at radius 1 is 1.00 bits per heavy atom. The summed E-state index contributed by atoms with van der Waals surface area (Å²) in [7, 11) is 0. The van der Waals surface area contributed by atoms with E-state index in [1.54, 1.807) is 6.20 Å².